The smallest absolute Gasteiger partial charge is 0.157 e. The summed E-state index contributed by atoms with van der Waals surface area (Å²) in [5.74, 6) is 2.62. The zero-order valence-corrected chi connectivity index (χ0v) is 17.4. The molecule has 1 aromatic heterocycles. The third-order valence-corrected chi connectivity index (χ3v) is 5.98. The highest BCUT2D eigenvalue weighted by molar-refractivity contribution is 5.76. The van der Waals surface area contributed by atoms with Crippen LogP contribution in [0.4, 0.5) is 23.0 Å². The third-order valence-electron chi connectivity index (χ3n) is 5.98. The van der Waals surface area contributed by atoms with E-state index in [1.807, 2.05) is 12.1 Å². The van der Waals surface area contributed by atoms with Crippen molar-refractivity contribution in [1.29, 1.82) is 0 Å². The van der Waals surface area contributed by atoms with Gasteiger partial charge < -0.3 is 30.1 Å². The fourth-order valence-corrected chi connectivity index (χ4v) is 4.13. The number of anilines is 4. The Balaban J connectivity index is 1.42. The Morgan fingerprint density at radius 1 is 0.828 bits per heavy atom. The van der Waals surface area contributed by atoms with Gasteiger partial charge in [0.2, 0.25) is 0 Å². The number of piperazine rings is 2. The van der Waals surface area contributed by atoms with Crippen molar-refractivity contribution >= 4 is 23.0 Å². The molecule has 156 valence electrons. The lowest BCUT2D eigenvalue weighted by Gasteiger charge is -2.38. The van der Waals surface area contributed by atoms with Gasteiger partial charge in [-0.3, -0.25) is 0 Å². The number of benzene rings is 1. The summed E-state index contributed by atoms with van der Waals surface area (Å²) in [7, 11) is 1.69. The maximum Gasteiger partial charge on any atom is 0.157 e. The largest absolute Gasteiger partial charge is 0.497 e. The molecule has 0 unspecified atom stereocenters. The summed E-state index contributed by atoms with van der Waals surface area (Å²) in [6.07, 6.45) is 1.66. The number of rotatable bonds is 5. The molecule has 2 aliphatic rings. The molecule has 29 heavy (non-hydrogen) atoms. The van der Waals surface area contributed by atoms with Gasteiger partial charge in [-0.05, 0) is 30.8 Å². The van der Waals surface area contributed by atoms with E-state index in [0.717, 1.165) is 76.3 Å². The monoisotopic (exact) mass is 397 g/mol. The number of aromatic nitrogens is 2. The zero-order chi connectivity index (χ0) is 20.2. The summed E-state index contributed by atoms with van der Waals surface area (Å²) < 4.78 is 5.26. The van der Waals surface area contributed by atoms with E-state index in [4.69, 9.17) is 10.5 Å². The minimum Gasteiger partial charge on any atom is -0.497 e. The second-order valence-electron chi connectivity index (χ2n) is 7.53. The summed E-state index contributed by atoms with van der Waals surface area (Å²) in [4.78, 5) is 18.4. The molecule has 0 bridgehead atoms. The van der Waals surface area contributed by atoms with Crippen LogP contribution in [0.25, 0.3) is 0 Å². The molecule has 0 aliphatic carbocycles. The van der Waals surface area contributed by atoms with E-state index in [1.54, 1.807) is 13.4 Å². The van der Waals surface area contributed by atoms with Gasteiger partial charge >= 0.3 is 0 Å². The van der Waals surface area contributed by atoms with Crippen LogP contribution in [-0.4, -0.2) is 80.9 Å². The highest BCUT2D eigenvalue weighted by Crippen LogP contribution is 2.31. The number of hydrogen-bond donors (Lipinski definition) is 1. The van der Waals surface area contributed by atoms with E-state index < -0.39 is 0 Å². The molecule has 2 fully saturated rings. The van der Waals surface area contributed by atoms with Crippen molar-refractivity contribution in [2.24, 2.45) is 0 Å². The van der Waals surface area contributed by atoms with Crippen molar-refractivity contribution in [2.75, 3.05) is 86.4 Å². The lowest BCUT2D eigenvalue weighted by Crippen LogP contribution is -2.48. The second kappa shape index (κ2) is 8.73. The molecule has 1 aromatic carbocycles. The lowest BCUT2D eigenvalue weighted by molar-refractivity contribution is 0.270. The molecule has 2 aromatic rings. The molecule has 0 radical (unpaired) electrons. The Kier molecular flexibility index (Phi) is 5.89. The number of methoxy groups -OCH3 is 1. The molecule has 0 spiro atoms. The van der Waals surface area contributed by atoms with E-state index in [0.29, 0.717) is 5.69 Å². The normalized spacial score (nSPS) is 18.2. The first-order valence-electron chi connectivity index (χ1n) is 10.4. The molecule has 8 nitrogen and oxygen atoms in total. The van der Waals surface area contributed by atoms with E-state index in [1.165, 1.54) is 5.69 Å². The number of nitrogens with zero attached hydrogens (tertiary/aromatic N) is 6. The van der Waals surface area contributed by atoms with Crippen molar-refractivity contribution < 1.29 is 4.74 Å². The Labute approximate surface area is 172 Å². The predicted molar refractivity (Wildman–Crippen MR) is 118 cm³/mol. The molecule has 4 rings (SSSR count). The van der Waals surface area contributed by atoms with Crippen LogP contribution in [0, 0.1) is 0 Å². The standard InChI is InChI=1S/C21H31N7O/c1-3-25-8-10-27(11-9-25)20-19(22)21(24-16-23-20)28-14-12-26(13-15-28)17-4-6-18(29-2)7-5-17/h4-7,16H,3,8-15,22H2,1-2H3. The second-order valence-corrected chi connectivity index (χ2v) is 7.53. The van der Waals surface area contributed by atoms with Crippen molar-refractivity contribution in [2.45, 2.75) is 6.92 Å². The van der Waals surface area contributed by atoms with Crippen LogP contribution in [0.3, 0.4) is 0 Å². The van der Waals surface area contributed by atoms with Crippen molar-refractivity contribution in [1.82, 2.24) is 14.9 Å². The molecule has 2 saturated heterocycles. The summed E-state index contributed by atoms with van der Waals surface area (Å²) >= 11 is 0. The maximum atomic E-state index is 6.54. The topological polar surface area (TPSA) is 74.0 Å². The van der Waals surface area contributed by atoms with Gasteiger partial charge in [0.1, 0.15) is 17.8 Å². The summed E-state index contributed by atoms with van der Waals surface area (Å²) in [6, 6.07) is 8.24. The van der Waals surface area contributed by atoms with Crippen molar-refractivity contribution in [3.05, 3.63) is 30.6 Å². The number of ether oxygens (including phenoxy) is 1. The molecule has 2 aliphatic heterocycles. The number of nitrogens with two attached hydrogens (primary N) is 1. The molecule has 0 atom stereocenters. The molecule has 2 N–H and O–H groups in total. The van der Waals surface area contributed by atoms with Crippen molar-refractivity contribution in [3.8, 4) is 5.75 Å². The van der Waals surface area contributed by atoms with Crippen LogP contribution < -0.4 is 25.2 Å². The van der Waals surface area contributed by atoms with E-state index >= 15 is 0 Å². The highest BCUT2D eigenvalue weighted by atomic mass is 16.5. The van der Waals surface area contributed by atoms with Gasteiger partial charge in [0.05, 0.1) is 7.11 Å². The molecule has 0 amide bonds. The first-order chi connectivity index (χ1) is 14.2. The summed E-state index contributed by atoms with van der Waals surface area (Å²) in [5, 5.41) is 0. The Hall–Kier alpha value is -2.74. The van der Waals surface area contributed by atoms with E-state index in [2.05, 4.69) is 48.6 Å². The van der Waals surface area contributed by atoms with Gasteiger partial charge in [0.25, 0.3) is 0 Å². The van der Waals surface area contributed by atoms with Gasteiger partial charge in [0, 0.05) is 58.0 Å². The quantitative estimate of drug-likeness (QED) is 0.814. The highest BCUT2D eigenvalue weighted by Gasteiger charge is 2.24. The first-order valence-corrected chi connectivity index (χ1v) is 10.4. The van der Waals surface area contributed by atoms with Gasteiger partial charge in [-0.25, -0.2) is 9.97 Å². The maximum absolute atomic E-state index is 6.54. The Morgan fingerprint density at radius 2 is 1.34 bits per heavy atom. The Bertz CT molecular complexity index is 797. The number of hydrogen-bond acceptors (Lipinski definition) is 8. The van der Waals surface area contributed by atoms with Crippen LogP contribution in [0.1, 0.15) is 6.92 Å². The summed E-state index contributed by atoms with van der Waals surface area (Å²) in [5.41, 5.74) is 8.46. The van der Waals surface area contributed by atoms with Gasteiger partial charge in [0.15, 0.2) is 11.6 Å². The van der Waals surface area contributed by atoms with E-state index in [9.17, 15) is 0 Å². The molecular formula is C21H31N7O. The molecule has 8 heteroatoms. The SMILES string of the molecule is CCN1CCN(c2ncnc(N3CCN(c4ccc(OC)cc4)CC3)c2N)CC1. The first kappa shape index (κ1) is 19.6. The number of likely N-dealkylation sites (N-methyl/N-ethyl adjacent to an activating group) is 1. The fourth-order valence-electron chi connectivity index (χ4n) is 4.13. The average molecular weight is 398 g/mol. The minimum absolute atomic E-state index is 0.704. The van der Waals surface area contributed by atoms with E-state index in [-0.39, 0.29) is 0 Å². The van der Waals surface area contributed by atoms with Crippen LogP contribution in [0.15, 0.2) is 30.6 Å². The predicted octanol–water partition coefficient (Wildman–Crippen LogP) is 1.54. The molecule has 3 heterocycles. The Morgan fingerprint density at radius 3 is 1.86 bits per heavy atom. The van der Waals surface area contributed by atoms with Gasteiger partial charge in [-0.15, -0.1) is 0 Å². The third kappa shape index (κ3) is 4.17. The zero-order valence-electron chi connectivity index (χ0n) is 17.4. The lowest BCUT2D eigenvalue weighted by atomic mass is 10.2. The molecule has 0 saturated carbocycles. The van der Waals surface area contributed by atoms with Crippen LogP contribution in [0.5, 0.6) is 5.75 Å². The minimum atomic E-state index is 0.704. The van der Waals surface area contributed by atoms with Crippen LogP contribution in [-0.2, 0) is 0 Å². The van der Waals surface area contributed by atoms with Crippen LogP contribution >= 0.6 is 0 Å². The van der Waals surface area contributed by atoms with Gasteiger partial charge in [-0.2, -0.15) is 0 Å². The summed E-state index contributed by atoms with van der Waals surface area (Å²) in [6.45, 7) is 11.0. The number of nitrogen functional groups attached to an aromatic ring is 1. The average Bonchev–Trinajstić information content (AvgIpc) is 2.80. The molecular weight excluding hydrogens is 366 g/mol. The van der Waals surface area contributed by atoms with Gasteiger partial charge in [-0.1, -0.05) is 6.92 Å². The van der Waals surface area contributed by atoms with Crippen LogP contribution in [0.2, 0.25) is 0 Å². The van der Waals surface area contributed by atoms with Crippen molar-refractivity contribution in [3.63, 3.8) is 0 Å². The fraction of sp³-hybridized carbons (Fsp3) is 0.524.